The number of carbonyl (C=O) groups excluding carboxylic acids is 1. The summed E-state index contributed by atoms with van der Waals surface area (Å²) in [6.07, 6.45) is 2.32. The highest BCUT2D eigenvalue weighted by atomic mass is 35.5. The summed E-state index contributed by atoms with van der Waals surface area (Å²) in [4.78, 5) is 23.0. The second kappa shape index (κ2) is 7.84. The second-order valence-corrected chi connectivity index (χ2v) is 7.82. The predicted octanol–water partition coefficient (Wildman–Crippen LogP) is 4.03. The third-order valence-corrected chi connectivity index (χ3v) is 5.05. The van der Waals surface area contributed by atoms with Crippen LogP contribution in [0.4, 0.5) is 11.5 Å². The maximum Gasteiger partial charge on any atom is 0.307 e. The van der Waals surface area contributed by atoms with Gasteiger partial charge in [-0.3, -0.25) is 24.3 Å². The number of rotatable bonds is 6. The normalized spacial score (nSPS) is 11.5. The van der Waals surface area contributed by atoms with Crippen LogP contribution in [0, 0.1) is 17.0 Å². The number of halogens is 2. The second-order valence-electron chi connectivity index (χ2n) is 6.98. The number of hydrogen-bond acceptors (Lipinski definition) is 5. The molecular weight excluding hydrogens is 419 g/mol. The maximum absolute atomic E-state index is 12.8. The van der Waals surface area contributed by atoms with E-state index in [0.717, 1.165) is 17.5 Å². The molecule has 0 fully saturated rings. The number of benzene rings is 1. The summed E-state index contributed by atoms with van der Waals surface area (Å²) in [7, 11) is 0. The van der Waals surface area contributed by atoms with Crippen molar-refractivity contribution >= 4 is 40.6 Å². The van der Waals surface area contributed by atoms with Crippen molar-refractivity contribution in [1.29, 1.82) is 0 Å². The summed E-state index contributed by atoms with van der Waals surface area (Å²) in [5.41, 5.74) is 0.305. The van der Waals surface area contributed by atoms with E-state index >= 15 is 0 Å². The standard InChI is InChI=1S/C18H18Cl2N6O3/c1-11-6-16(23-24(11)9-12-4-5-13(19)7-15(12)20)22-17(27)18(2,3)25-10-14(8-21-25)26(28)29/h4-8,10H,9H2,1-3H3,(H,22,23,27). The van der Waals surface area contributed by atoms with Crippen LogP contribution in [-0.4, -0.2) is 30.4 Å². The Morgan fingerprint density at radius 2 is 2.03 bits per heavy atom. The van der Waals surface area contributed by atoms with Crippen molar-refractivity contribution in [2.75, 3.05) is 5.32 Å². The van der Waals surface area contributed by atoms with Crippen LogP contribution in [0.5, 0.6) is 0 Å². The molecular formula is C18H18Cl2N6O3. The molecule has 2 aromatic heterocycles. The topological polar surface area (TPSA) is 108 Å². The Morgan fingerprint density at radius 1 is 1.31 bits per heavy atom. The van der Waals surface area contributed by atoms with Crippen LogP contribution >= 0.6 is 23.2 Å². The molecule has 0 radical (unpaired) electrons. The molecule has 0 aliphatic heterocycles. The highest BCUT2D eigenvalue weighted by Crippen LogP contribution is 2.24. The Balaban J connectivity index is 1.77. The van der Waals surface area contributed by atoms with Crippen molar-refractivity contribution in [3.05, 3.63) is 68.1 Å². The zero-order valence-corrected chi connectivity index (χ0v) is 17.4. The first kappa shape index (κ1) is 20.8. The quantitative estimate of drug-likeness (QED) is 0.463. The van der Waals surface area contributed by atoms with E-state index in [-0.39, 0.29) is 5.69 Å². The Bertz CT molecular complexity index is 1090. The van der Waals surface area contributed by atoms with Gasteiger partial charge in [0.15, 0.2) is 5.82 Å². The highest BCUT2D eigenvalue weighted by Gasteiger charge is 2.32. The van der Waals surface area contributed by atoms with E-state index in [9.17, 15) is 14.9 Å². The molecule has 0 saturated carbocycles. The number of nitrogens with zero attached hydrogens (tertiary/aromatic N) is 5. The number of nitrogens with one attached hydrogen (secondary N) is 1. The van der Waals surface area contributed by atoms with Gasteiger partial charge in [-0.05, 0) is 38.5 Å². The molecule has 0 unspecified atom stereocenters. The first-order valence-electron chi connectivity index (χ1n) is 8.57. The van der Waals surface area contributed by atoms with Gasteiger partial charge < -0.3 is 5.32 Å². The van der Waals surface area contributed by atoms with Crippen molar-refractivity contribution in [3.63, 3.8) is 0 Å². The van der Waals surface area contributed by atoms with Crippen LogP contribution in [0.1, 0.15) is 25.1 Å². The molecule has 2 heterocycles. The average molecular weight is 437 g/mol. The molecule has 9 nitrogen and oxygen atoms in total. The van der Waals surface area contributed by atoms with Gasteiger partial charge in [-0.2, -0.15) is 10.2 Å². The molecule has 0 aliphatic rings. The van der Waals surface area contributed by atoms with E-state index in [0.29, 0.717) is 22.4 Å². The molecule has 0 spiro atoms. The Kier molecular flexibility index (Phi) is 5.63. The third-order valence-electron chi connectivity index (χ3n) is 4.47. The minimum atomic E-state index is -1.16. The van der Waals surface area contributed by atoms with Crippen LogP contribution < -0.4 is 5.32 Å². The lowest BCUT2D eigenvalue weighted by Gasteiger charge is -2.23. The molecule has 11 heteroatoms. The van der Waals surface area contributed by atoms with Gasteiger partial charge in [-0.1, -0.05) is 29.3 Å². The number of anilines is 1. The van der Waals surface area contributed by atoms with Crippen LogP contribution in [0.15, 0.2) is 36.7 Å². The summed E-state index contributed by atoms with van der Waals surface area (Å²) in [6.45, 7) is 5.48. The fourth-order valence-electron chi connectivity index (χ4n) is 2.63. The van der Waals surface area contributed by atoms with Gasteiger partial charge in [0.1, 0.15) is 17.9 Å². The van der Waals surface area contributed by atoms with E-state index in [1.807, 2.05) is 13.0 Å². The number of nitro groups is 1. The van der Waals surface area contributed by atoms with Crippen LogP contribution in [0.25, 0.3) is 0 Å². The van der Waals surface area contributed by atoms with Crippen molar-refractivity contribution in [2.45, 2.75) is 32.9 Å². The minimum absolute atomic E-state index is 0.189. The Morgan fingerprint density at radius 3 is 2.66 bits per heavy atom. The van der Waals surface area contributed by atoms with Gasteiger partial charge in [0.25, 0.3) is 5.91 Å². The van der Waals surface area contributed by atoms with Gasteiger partial charge in [0, 0.05) is 21.8 Å². The number of hydrogen-bond donors (Lipinski definition) is 1. The molecule has 152 valence electrons. The molecule has 0 atom stereocenters. The van der Waals surface area contributed by atoms with Crippen molar-refractivity contribution in [1.82, 2.24) is 19.6 Å². The molecule has 0 bridgehead atoms. The predicted molar refractivity (Wildman–Crippen MR) is 109 cm³/mol. The smallest absolute Gasteiger partial charge is 0.307 e. The monoisotopic (exact) mass is 436 g/mol. The van der Waals surface area contributed by atoms with Gasteiger partial charge in [0.05, 0.1) is 11.5 Å². The number of aryl methyl sites for hydroxylation is 1. The SMILES string of the molecule is Cc1cc(NC(=O)C(C)(C)n2cc([N+](=O)[O-])cn2)nn1Cc1ccc(Cl)cc1Cl. The molecule has 0 saturated heterocycles. The summed E-state index contributed by atoms with van der Waals surface area (Å²) >= 11 is 12.1. The number of aromatic nitrogens is 4. The summed E-state index contributed by atoms with van der Waals surface area (Å²) in [5.74, 6) is -0.0583. The average Bonchev–Trinajstić information content (AvgIpc) is 3.25. The third kappa shape index (κ3) is 4.41. The molecule has 1 aromatic carbocycles. The van der Waals surface area contributed by atoms with Crippen LogP contribution in [-0.2, 0) is 16.9 Å². The van der Waals surface area contributed by atoms with Gasteiger partial charge in [0.2, 0.25) is 0 Å². The molecule has 1 amide bonds. The lowest BCUT2D eigenvalue weighted by molar-refractivity contribution is -0.385. The molecule has 29 heavy (non-hydrogen) atoms. The lowest BCUT2D eigenvalue weighted by atomic mass is 10.1. The van der Waals surface area contributed by atoms with Crippen LogP contribution in [0.2, 0.25) is 10.0 Å². The largest absolute Gasteiger partial charge is 0.307 e. The van der Waals surface area contributed by atoms with E-state index in [1.165, 1.54) is 10.9 Å². The fraction of sp³-hybridized carbons (Fsp3) is 0.278. The minimum Gasteiger partial charge on any atom is -0.307 e. The molecule has 3 rings (SSSR count). The molecule has 3 aromatic rings. The lowest BCUT2D eigenvalue weighted by Crippen LogP contribution is -2.40. The van der Waals surface area contributed by atoms with Gasteiger partial charge in [-0.15, -0.1) is 0 Å². The van der Waals surface area contributed by atoms with Crippen LogP contribution in [0.3, 0.4) is 0 Å². The zero-order chi connectivity index (χ0) is 21.3. The molecule has 1 N–H and O–H groups in total. The highest BCUT2D eigenvalue weighted by molar-refractivity contribution is 6.35. The van der Waals surface area contributed by atoms with E-state index in [1.54, 1.807) is 36.7 Å². The van der Waals surface area contributed by atoms with E-state index in [2.05, 4.69) is 15.5 Å². The maximum atomic E-state index is 12.8. The van der Waals surface area contributed by atoms with Crippen molar-refractivity contribution in [2.24, 2.45) is 0 Å². The Labute approximate surface area is 176 Å². The first-order valence-corrected chi connectivity index (χ1v) is 9.33. The van der Waals surface area contributed by atoms with E-state index < -0.39 is 16.4 Å². The zero-order valence-electron chi connectivity index (χ0n) is 15.9. The first-order chi connectivity index (χ1) is 13.6. The molecule has 0 aliphatic carbocycles. The van der Waals surface area contributed by atoms with Gasteiger partial charge in [-0.25, -0.2) is 0 Å². The summed E-state index contributed by atoms with van der Waals surface area (Å²) < 4.78 is 2.95. The Hall–Kier alpha value is -2.91. The van der Waals surface area contributed by atoms with E-state index in [4.69, 9.17) is 23.2 Å². The summed E-state index contributed by atoms with van der Waals surface area (Å²) in [6, 6.07) is 6.95. The number of carbonyl (C=O) groups is 1. The van der Waals surface area contributed by atoms with Gasteiger partial charge >= 0.3 is 5.69 Å². The number of amides is 1. The fourth-order valence-corrected chi connectivity index (χ4v) is 3.10. The van der Waals surface area contributed by atoms with Crippen molar-refractivity contribution < 1.29 is 9.72 Å². The summed E-state index contributed by atoms with van der Waals surface area (Å²) in [5, 5.41) is 23.0. The van der Waals surface area contributed by atoms with Crippen molar-refractivity contribution in [3.8, 4) is 0 Å².